The summed E-state index contributed by atoms with van der Waals surface area (Å²) in [7, 11) is -1.74. The Labute approximate surface area is 125 Å². The average molecular weight is 308 g/mol. The van der Waals surface area contributed by atoms with Gasteiger partial charge in [0.1, 0.15) is 0 Å². The minimum Gasteiger partial charge on any atom is -0.378 e. The number of hydrogen-bond donors (Lipinski definition) is 2. The Hall–Kier alpha value is -1.86. The number of nitrogens with one attached hydrogen (secondary N) is 1. The first-order chi connectivity index (χ1) is 9.70. The van der Waals surface area contributed by atoms with Crippen LogP contribution in [0.1, 0.15) is 29.9 Å². The van der Waals surface area contributed by atoms with Gasteiger partial charge in [-0.1, -0.05) is 0 Å². The number of anilines is 1. The van der Waals surface area contributed by atoms with Gasteiger partial charge in [0, 0.05) is 24.0 Å². The molecule has 1 unspecified atom stereocenters. The smallest absolute Gasteiger partial charge is 0.238 e. The second kappa shape index (κ2) is 5.50. The van der Waals surface area contributed by atoms with Crippen LogP contribution in [0.4, 0.5) is 5.69 Å². The lowest BCUT2D eigenvalue weighted by atomic mass is 10.1. The van der Waals surface area contributed by atoms with E-state index >= 15 is 0 Å². The molecule has 0 aliphatic carbocycles. The fourth-order valence-corrected chi connectivity index (χ4v) is 3.00. The van der Waals surface area contributed by atoms with Gasteiger partial charge < -0.3 is 5.32 Å². The second-order valence-corrected chi connectivity index (χ2v) is 6.70. The summed E-state index contributed by atoms with van der Waals surface area (Å²) in [6.07, 6.45) is 0. The molecule has 2 aromatic rings. The number of nitrogens with zero attached hydrogens (tertiary/aromatic N) is 2. The van der Waals surface area contributed by atoms with Crippen LogP contribution in [-0.4, -0.2) is 18.2 Å². The molecule has 0 saturated carbocycles. The van der Waals surface area contributed by atoms with Crippen molar-refractivity contribution in [1.29, 1.82) is 0 Å². The fourth-order valence-electron chi connectivity index (χ4n) is 2.48. The summed E-state index contributed by atoms with van der Waals surface area (Å²) in [5.41, 5.74) is 4.07. The highest BCUT2D eigenvalue weighted by molar-refractivity contribution is 7.89. The molecular weight excluding hydrogens is 288 g/mol. The second-order valence-electron chi connectivity index (χ2n) is 5.14. The molecule has 0 amide bonds. The number of aryl methyl sites for hydroxylation is 2. The molecule has 7 heteroatoms. The predicted molar refractivity (Wildman–Crippen MR) is 82.5 cm³/mol. The van der Waals surface area contributed by atoms with Crippen molar-refractivity contribution in [1.82, 2.24) is 9.78 Å². The SMILES string of the molecule is Cc1nn(C)c(C)c1C(C)Nc1ccc(S(N)(=O)=O)cc1. The topological polar surface area (TPSA) is 90.0 Å². The molecule has 3 N–H and O–H groups in total. The molecule has 0 saturated heterocycles. The van der Waals surface area contributed by atoms with Gasteiger partial charge >= 0.3 is 0 Å². The van der Waals surface area contributed by atoms with Crippen LogP contribution < -0.4 is 10.5 Å². The van der Waals surface area contributed by atoms with Crippen molar-refractivity contribution in [2.75, 3.05) is 5.32 Å². The molecule has 2 rings (SSSR count). The van der Waals surface area contributed by atoms with Crippen molar-refractivity contribution in [2.24, 2.45) is 12.2 Å². The fraction of sp³-hybridized carbons (Fsp3) is 0.357. The molecule has 0 radical (unpaired) electrons. The van der Waals surface area contributed by atoms with Gasteiger partial charge in [-0.05, 0) is 45.0 Å². The number of rotatable bonds is 4. The van der Waals surface area contributed by atoms with Gasteiger partial charge in [0.2, 0.25) is 10.0 Å². The Morgan fingerprint density at radius 1 is 1.24 bits per heavy atom. The quantitative estimate of drug-likeness (QED) is 0.902. The number of aromatic nitrogens is 2. The molecule has 114 valence electrons. The molecule has 6 nitrogen and oxygen atoms in total. The van der Waals surface area contributed by atoms with E-state index in [1.54, 1.807) is 12.1 Å². The van der Waals surface area contributed by atoms with Crippen LogP contribution in [0.15, 0.2) is 29.2 Å². The highest BCUT2D eigenvalue weighted by atomic mass is 32.2. The summed E-state index contributed by atoms with van der Waals surface area (Å²) in [6.45, 7) is 6.05. The number of sulfonamides is 1. The maximum absolute atomic E-state index is 11.2. The lowest BCUT2D eigenvalue weighted by Gasteiger charge is -2.16. The number of hydrogen-bond acceptors (Lipinski definition) is 4. The molecule has 1 atom stereocenters. The Bertz CT molecular complexity index is 748. The average Bonchev–Trinajstić information content (AvgIpc) is 2.62. The van der Waals surface area contributed by atoms with E-state index < -0.39 is 10.0 Å². The molecule has 0 bridgehead atoms. The van der Waals surface area contributed by atoms with E-state index in [4.69, 9.17) is 5.14 Å². The molecule has 1 heterocycles. The Kier molecular flexibility index (Phi) is 4.06. The molecule has 1 aromatic heterocycles. The third-order valence-corrected chi connectivity index (χ3v) is 4.49. The predicted octanol–water partition coefficient (Wildman–Crippen LogP) is 1.86. The standard InChI is InChI=1S/C14H20N4O2S/c1-9(14-10(2)17-18(4)11(14)3)16-12-5-7-13(8-6-12)21(15,19)20/h5-9,16H,1-4H3,(H2,15,19,20). The zero-order valence-electron chi connectivity index (χ0n) is 12.6. The summed E-state index contributed by atoms with van der Waals surface area (Å²) >= 11 is 0. The van der Waals surface area contributed by atoms with Gasteiger partial charge in [-0.15, -0.1) is 0 Å². The molecule has 1 aromatic carbocycles. The number of primary sulfonamides is 1. The number of nitrogens with two attached hydrogens (primary N) is 1. The van der Waals surface area contributed by atoms with Crippen molar-refractivity contribution in [3.63, 3.8) is 0 Å². The summed E-state index contributed by atoms with van der Waals surface area (Å²) in [4.78, 5) is 0.106. The van der Waals surface area contributed by atoms with Crippen LogP contribution in [0.2, 0.25) is 0 Å². The summed E-state index contributed by atoms with van der Waals surface area (Å²) in [6, 6.07) is 6.47. The van der Waals surface area contributed by atoms with Gasteiger partial charge in [0.05, 0.1) is 16.6 Å². The third-order valence-electron chi connectivity index (χ3n) is 3.56. The first-order valence-corrected chi connectivity index (χ1v) is 8.14. The molecule has 0 aliphatic rings. The van der Waals surface area contributed by atoms with E-state index in [-0.39, 0.29) is 10.9 Å². The highest BCUT2D eigenvalue weighted by Crippen LogP contribution is 2.25. The van der Waals surface area contributed by atoms with Crippen LogP contribution in [0.3, 0.4) is 0 Å². The van der Waals surface area contributed by atoms with E-state index in [1.807, 2.05) is 32.5 Å². The van der Waals surface area contributed by atoms with Crippen molar-refractivity contribution < 1.29 is 8.42 Å². The third kappa shape index (κ3) is 3.25. The summed E-state index contributed by atoms with van der Waals surface area (Å²) in [5.74, 6) is 0. The van der Waals surface area contributed by atoms with Crippen LogP contribution in [-0.2, 0) is 17.1 Å². The minimum atomic E-state index is -3.65. The molecular formula is C14H20N4O2S. The largest absolute Gasteiger partial charge is 0.378 e. The first-order valence-electron chi connectivity index (χ1n) is 6.59. The summed E-state index contributed by atoms with van der Waals surface area (Å²) < 4.78 is 24.3. The van der Waals surface area contributed by atoms with Crippen LogP contribution >= 0.6 is 0 Å². The zero-order chi connectivity index (χ0) is 15.8. The lowest BCUT2D eigenvalue weighted by molar-refractivity contribution is 0.598. The van der Waals surface area contributed by atoms with E-state index in [2.05, 4.69) is 10.4 Å². The van der Waals surface area contributed by atoms with Gasteiger partial charge in [-0.25, -0.2) is 13.6 Å². The normalized spacial score (nSPS) is 13.2. The van der Waals surface area contributed by atoms with Gasteiger partial charge in [0.15, 0.2) is 0 Å². The summed E-state index contributed by atoms with van der Waals surface area (Å²) in [5, 5.41) is 12.8. The van der Waals surface area contributed by atoms with Crippen molar-refractivity contribution in [3.05, 3.63) is 41.2 Å². The van der Waals surface area contributed by atoms with Crippen LogP contribution in [0.25, 0.3) is 0 Å². The van der Waals surface area contributed by atoms with E-state index in [1.165, 1.54) is 12.1 Å². The van der Waals surface area contributed by atoms with Crippen molar-refractivity contribution >= 4 is 15.7 Å². The van der Waals surface area contributed by atoms with E-state index in [0.717, 1.165) is 22.6 Å². The molecule has 0 spiro atoms. The monoisotopic (exact) mass is 308 g/mol. The minimum absolute atomic E-state index is 0.0685. The van der Waals surface area contributed by atoms with E-state index in [9.17, 15) is 8.42 Å². The van der Waals surface area contributed by atoms with Crippen LogP contribution in [0.5, 0.6) is 0 Å². The maximum atomic E-state index is 11.2. The Balaban J connectivity index is 2.22. The van der Waals surface area contributed by atoms with Crippen molar-refractivity contribution in [3.8, 4) is 0 Å². The zero-order valence-corrected chi connectivity index (χ0v) is 13.4. The number of benzene rings is 1. The highest BCUT2D eigenvalue weighted by Gasteiger charge is 2.16. The Morgan fingerprint density at radius 3 is 2.24 bits per heavy atom. The Morgan fingerprint density at radius 2 is 1.81 bits per heavy atom. The molecule has 21 heavy (non-hydrogen) atoms. The molecule has 0 aliphatic heterocycles. The maximum Gasteiger partial charge on any atom is 0.238 e. The van der Waals surface area contributed by atoms with E-state index in [0.29, 0.717) is 0 Å². The molecule has 0 fully saturated rings. The van der Waals surface area contributed by atoms with Gasteiger partial charge in [-0.2, -0.15) is 5.10 Å². The first kappa shape index (κ1) is 15.5. The van der Waals surface area contributed by atoms with Gasteiger partial charge in [0.25, 0.3) is 0 Å². The lowest BCUT2D eigenvalue weighted by Crippen LogP contribution is -2.12. The van der Waals surface area contributed by atoms with Gasteiger partial charge in [-0.3, -0.25) is 4.68 Å². The van der Waals surface area contributed by atoms with Crippen molar-refractivity contribution in [2.45, 2.75) is 31.7 Å². The van der Waals surface area contributed by atoms with Crippen LogP contribution in [0, 0.1) is 13.8 Å².